The molecule has 24 heavy (non-hydrogen) atoms. The van der Waals surface area contributed by atoms with E-state index >= 15 is 0 Å². The van der Waals surface area contributed by atoms with Crippen molar-refractivity contribution in [2.45, 2.75) is 19.3 Å². The van der Waals surface area contributed by atoms with Gasteiger partial charge in [-0.15, -0.1) is 0 Å². The Balaban J connectivity index is 1.91. The van der Waals surface area contributed by atoms with Crippen LogP contribution in [0.3, 0.4) is 0 Å². The van der Waals surface area contributed by atoms with E-state index in [-0.39, 0.29) is 18.8 Å². The van der Waals surface area contributed by atoms with Crippen LogP contribution >= 0.6 is 11.7 Å². The van der Waals surface area contributed by atoms with Gasteiger partial charge in [0.25, 0.3) is 0 Å². The Kier molecular flexibility index (Phi) is 4.96. The van der Waals surface area contributed by atoms with E-state index in [4.69, 9.17) is 4.74 Å². The highest BCUT2D eigenvalue weighted by Crippen LogP contribution is 2.26. The molecule has 0 bridgehead atoms. The van der Waals surface area contributed by atoms with E-state index in [9.17, 15) is 9.59 Å². The minimum Gasteiger partial charge on any atom is -0.466 e. The third kappa shape index (κ3) is 3.49. The highest BCUT2D eigenvalue weighted by atomic mass is 32.1. The van der Waals surface area contributed by atoms with Gasteiger partial charge in [0, 0.05) is 12.0 Å². The van der Waals surface area contributed by atoms with Gasteiger partial charge in [-0.3, -0.25) is 9.59 Å². The summed E-state index contributed by atoms with van der Waals surface area (Å²) >= 11 is 1.12. The van der Waals surface area contributed by atoms with Crippen molar-refractivity contribution in [1.29, 1.82) is 0 Å². The molecule has 0 aliphatic heterocycles. The van der Waals surface area contributed by atoms with Gasteiger partial charge in [0.2, 0.25) is 0 Å². The lowest BCUT2D eigenvalue weighted by Gasteiger charge is -2.15. The van der Waals surface area contributed by atoms with Crippen molar-refractivity contribution in [2.75, 3.05) is 6.61 Å². The van der Waals surface area contributed by atoms with Gasteiger partial charge in [0.05, 0.1) is 24.3 Å². The van der Waals surface area contributed by atoms with E-state index in [0.717, 1.165) is 28.3 Å². The maximum absolute atomic E-state index is 12.5. The molecular weight excluding hydrogens is 324 g/mol. The summed E-state index contributed by atoms with van der Waals surface area (Å²) in [5.74, 6) is -1.14. The number of rotatable bonds is 6. The normalized spacial score (nSPS) is 12.0. The summed E-state index contributed by atoms with van der Waals surface area (Å²) in [4.78, 5) is 24.9. The van der Waals surface area contributed by atoms with Gasteiger partial charge in [0.1, 0.15) is 11.0 Å². The van der Waals surface area contributed by atoms with Crippen LogP contribution in [0.4, 0.5) is 0 Å². The van der Waals surface area contributed by atoms with Gasteiger partial charge in [-0.1, -0.05) is 36.4 Å². The summed E-state index contributed by atoms with van der Waals surface area (Å²) < 4.78 is 13.5. The second kappa shape index (κ2) is 7.31. The van der Waals surface area contributed by atoms with Crippen molar-refractivity contribution in [1.82, 2.24) is 8.75 Å². The average Bonchev–Trinajstić information content (AvgIpc) is 3.08. The van der Waals surface area contributed by atoms with E-state index < -0.39 is 11.9 Å². The molecule has 1 aromatic heterocycles. The van der Waals surface area contributed by atoms with Crippen molar-refractivity contribution in [3.63, 3.8) is 0 Å². The summed E-state index contributed by atoms with van der Waals surface area (Å²) in [6.45, 7) is 2.02. The second-order valence-corrected chi connectivity index (χ2v) is 5.84. The number of benzene rings is 2. The summed E-state index contributed by atoms with van der Waals surface area (Å²) in [6, 6.07) is 14.4. The molecule has 0 fully saturated rings. The van der Waals surface area contributed by atoms with Crippen molar-refractivity contribution < 1.29 is 14.3 Å². The van der Waals surface area contributed by atoms with E-state index in [2.05, 4.69) is 8.75 Å². The van der Waals surface area contributed by atoms with Gasteiger partial charge >= 0.3 is 5.97 Å². The Hall–Kier alpha value is -2.60. The average molecular weight is 340 g/mol. The molecule has 0 aliphatic carbocycles. The quantitative estimate of drug-likeness (QED) is 0.506. The van der Waals surface area contributed by atoms with Crippen LogP contribution in [-0.4, -0.2) is 27.1 Å². The molecule has 6 heteroatoms. The van der Waals surface area contributed by atoms with E-state index in [1.54, 1.807) is 37.3 Å². The lowest BCUT2D eigenvalue weighted by molar-refractivity contribution is -0.144. The number of Topliss-reactive ketones (excluding diaryl/α,β-unsaturated/α-hetero) is 1. The van der Waals surface area contributed by atoms with Crippen LogP contribution in [0.25, 0.3) is 11.0 Å². The Morgan fingerprint density at radius 3 is 2.58 bits per heavy atom. The van der Waals surface area contributed by atoms with Crippen LogP contribution in [-0.2, 0) is 9.53 Å². The van der Waals surface area contributed by atoms with Crippen LogP contribution < -0.4 is 0 Å². The van der Waals surface area contributed by atoms with Gasteiger partial charge in [-0.05, 0) is 24.6 Å². The van der Waals surface area contributed by atoms with Crippen LogP contribution in [0.1, 0.15) is 35.2 Å². The van der Waals surface area contributed by atoms with Crippen LogP contribution in [0.15, 0.2) is 48.5 Å². The topological polar surface area (TPSA) is 69.2 Å². The first-order valence-electron chi connectivity index (χ1n) is 7.66. The Labute approximate surface area is 143 Å². The highest BCUT2D eigenvalue weighted by Gasteiger charge is 2.26. The Bertz CT molecular complexity index is 861. The number of ether oxygens (including phenoxy) is 1. The maximum atomic E-state index is 12.5. The molecule has 0 spiro atoms. The van der Waals surface area contributed by atoms with Crippen molar-refractivity contribution in [2.24, 2.45) is 0 Å². The molecule has 3 aromatic rings. The monoisotopic (exact) mass is 340 g/mol. The summed E-state index contributed by atoms with van der Waals surface area (Å²) in [5.41, 5.74) is 2.81. The first-order chi connectivity index (χ1) is 11.7. The molecule has 1 unspecified atom stereocenters. The minimum absolute atomic E-state index is 0.0614. The lowest BCUT2D eigenvalue weighted by Crippen LogP contribution is -2.19. The van der Waals surface area contributed by atoms with Gasteiger partial charge < -0.3 is 4.74 Å². The fourth-order valence-corrected chi connectivity index (χ4v) is 3.04. The molecule has 0 aliphatic rings. The number of hydrogen-bond acceptors (Lipinski definition) is 6. The number of carbonyl (C=O) groups excluding carboxylic acids is 2. The fourth-order valence-electron chi connectivity index (χ4n) is 2.52. The molecule has 122 valence electrons. The molecule has 0 amide bonds. The molecule has 2 aromatic carbocycles. The number of hydrogen-bond donors (Lipinski definition) is 0. The van der Waals surface area contributed by atoms with Crippen molar-refractivity contribution in [3.05, 3.63) is 59.7 Å². The largest absolute Gasteiger partial charge is 0.466 e. The molecule has 5 nitrogen and oxygen atoms in total. The van der Waals surface area contributed by atoms with E-state index in [1.165, 1.54) is 0 Å². The summed E-state index contributed by atoms with van der Waals surface area (Å²) in [7, 11) is 0. The zero-order chi connectivity index (χ0) is 16.9. The second-order valence-electron chi connectivity index (χ2n) is 5.31. The molecule has 1 atom stereocenters. The zero-order valence-electron chi connectivity index (χ0n) is 13.1. The lowest BCUT2D eigenvalue weighted by atomic mass is 9.91. The third-order valence-corrected chi connectivity index (χ3v) is 4.29. The van der Waals surface area contributed by atoms with E-state index in [1.807, 2.05) is 18.2 Å². The smallest absolute Gasteiger partial charge is 0.313 e. The highest BCUT2D eigenvalue weighted by molar-refractivity contribution is 7.00. The number of ketones is 1. The number of nitrogens with zero attached hydrogens (tertiary/aromatic N) is 2. The van der Waals surface area contributed by atoms with Crippen molar-refractivity contribution >= 4 is 34.5 Å². The number of carbonyl (C=O) groups is 2. The zero-order valence-corrected chi connectivity index (χ0v) is 14.0. The molecular formula is C18H16N2O3S. The summed E-state index contributed by atoms with van der Waals surface area (Å²) in [5, 5.41) is 0. The maximum Gasteiger partial charge on any atom is 0.313 e. The molecule has 0 saturated carbocycles. The van der Waals surface area contributed by atoms with E-state index in [0.29, 0.717) is 5.56 Å². The number of fused-ring (bicyclic) bond motifs is 1. The first-order valence-corrected chi connectivity index (χ1v) is 8.39. The molecule has 1 heterocycles. The van der Waals surface area contributed by atoms with Crippen molar-refractivity contribution in [3.8, 4) is 0 Å². The standard InChI is InChI=1S/C18H16N2O3S/c1-2-23-18(22)14(11-17(21)12-6-4-3-5-7-12)13-8-9-15-16(10-13)20-24-19-15/h3-10,14H,2,11H2,1H3. The van der Waals surface area contributed by atoms with Gasteiger partial charge in [-0.25, -0.2) is 0 Å². The third-order valence-electron chi connectivity index (χ3n) is 3.74. The fraction of sp³-hybridized carbons (Fsp3) is 0.222. The predicted molar refractivity (Wildman–Crippen MR) is 92.2 cm³/mol. The Morgan fingerprint density at radius 2 is 1.83 bits per heavy atom. The predicted octanol–water partition coefficient (Wildman–Crippen LogP) is 3.61. The number of aromatic nitrogens is 2. The van der Waals surface area contributed by atoms with Gasteiger partial charge in [0.15, 0.2) is 5.78 Å². The van der Waals surface area contributed by atoms with Crippen LogP contribution in [0.5, 0.6) is 0 Å². The van der Waals surface area contributed by atoms with Gasteiger partial charge in [-0.2, -0.15) is 8.75 Å². The van der Waals surface area contributed by atoms with Crippen LogP contribution in [0, 0.1) is 0 Å². The molecule has 0 radical (unpaired) electrons. The minimum atomic E-state index is -0.649. The molecule has 3 rings (SSSR count). The Morgan fingerprint density at radius 1 is 1.08 bits per heavy atom. The van der Waals surface area contributed by atoms with Crippen LogP contribution in [0.2, 0.25) is 0 Å². The molecule has 0 N–H and O–H groups in total. The SMILES string of the molecule is CCOC(=O)C(CC(=O)c1ccccc1)c1ccc2nsnc2c1. The first kappa shape index (κ1) is 16.3. The summed E-state index contributed by atoms with van der Waals surface area (Å²) in [6.07, 6.45) is 0.0614. The molecule has 0 saturated heterocycles. The number of esters is 1.